The van der Waals surface area contributed by atoms with Gasteiger partial charge in [-0.1, -0.05) is 0 Å². The molecule has 6 nitrogen and oxygen atoms in total. The molecule has 4 rings (SSSR count). The van der Waals surface area contributed by atoms with E-state index < -0.39 is 0 Å². The first-order chi connectivity index (χ1) is 11.9. The van der Waals surface area contributed by atoms with Crippen LogP contribution in [0.15, 0.2) is 30.6 Å². The molecule has 2 aromatic rings. The lowest BCUT2D eigenvalue weighted by atomic mass is 10.1. The van der Waals surface area contributed by atoms with Gasteiger partial charge in [-0.05, 0) is 50.4 Å². The number of hydrogen-bond acceptors (Lipinski definition) is 5. The molecule has 2 aliphatic rings. The molecule has 2 fully saturated rings. The third-order valence-corrected chi connectivity index (χ3v) is 4.75. The molecule has 0 aromatic carbocycles. The van der Waals surface area contributed by atoms with Crippen LogP contribution in [0.4, 0.5) is 0 Å². The molecule has 0 saturated carbocycles. The number of hydrogen-bond donors (Lipinski definition) is 1. The maximum Gasteiger partial charge on any atom is 0.150 e. The van der Waals surface area contributed by atoms with Crippen LogP contribution in [0.3, 0.4) is 0 Å². The fourth-order valence-electron chi connectivity index (χ4n) is 3.35. The van der Waals surface area contributed by atoms with Crippen LogP contribution in [-0.2, 0) is 4.74 Å². The highest BCUT2D eigenvalue weighted by Crippen LogP contribution is 2.28. The largest absolute Gasteiger partial charge is 0.492 e. The van der Waals surface area contributed by atoms with E-state index in [1.54, 1.807) is 6.20 Å². The fraction of sp³-hybridized carbons (Fsp3) is 0.556. The number of nitrogens with one attached hydrogen (secondary N) is 1. The van der Waals surface area contributed by atoms with Crippen molar-refractivity contribution in [2.24, 2.45) is 5.92 Å². The molecule has 0 aliphatic carbocycles. The highest BCUT2D eigenvalue weighted by molar-refractivity contribution is 5.54. The van der Waals surface area contributed by atoms with Gasteiger partial charge in [-0.2, -0.15) is 5.10 Å². The molecule has 0 amide bonds. The van der Waals surface area contributed by atoms with Crippen LogP contribution in [0.1, 0.15) is 31.9 Å². The number of ether oxygens (including phenoxy) is 2. The van der Waals surface area contributed by atoms with Gasteiger partial charge in [-0.3, -0.25) is 4.98 Å². The molecular formula is C18H24N4O2. The lowest BCUT2D eigenvalue weighted by Gasteiger charge is -2.24. The van der Waals surface area contributed by atoms with Crippen molar-refractivity contribution in [2.45, 2.75) is 31.9 Å². The number of rotatable bonds is 5. The third-order valence-electron chi connectivity index (χ3n) is 4.75. The summed E-state index contributed by atoms with van der Waals surface area (Å²) in [6.07, 6.45) is 8.14. The van der Waals surface area contributed by atoms with Gasteiger partial charge in [0.1, 0.15) is 5.75 Å². The van der Waals surface area contributed by atoms with Crippen LogP contribution >= 0.6 is 0 Å². The molecule has 1 unspecified atom stereocenters. The van der Waals surface area contributed by atoms with E-state index >= 15 is 0 Å². The smallest absolute Gasteiger partial charge is 0.150 e. The maximum atomic E-state index is 5.86. The zero-order valence-electron chi connectivity index (χ0n) is 13.9. The lowest BCUT2D eigenvalue weighted by Crippen LogP contribution is -2.20. The van der Waals surface area contributed by atoms with E-state index in [0.717, 1.165) is 56.3 Å². The summed E-state index contributed by atoms with van der Waals surface area (Å²) < 4.78 is 13.7. The Morgan fingerprint density at radius 1 is 1.25 bits per heavy atom. The van der Waals surface area contributed by atoms with E-state index in [1.807, 2.05) is 29.1 Å². The molecule has 128 valence electrons. The van der Waals surface area contributed by atoms with E-state index in [4.69, 9.17) is 9.47 Å². The second-order valence-electron chi connectivity index (χ2n) is 6.53. The Balaban J connectivity index is 1.44. The Bertz CT molecular complexity index is 643. The van der Waals surface area contributed by atoms with E-state index in [1.165, 1.54) is 12.8 Å². The number of pyridine rings is 1. The predicted molar refractivity (Wildman–Crippen MR) is 90.8 cm³/mol. The topological polar surface area (TPSA) is 61.2 Å². The van der Waals surface area contributed by atoms with Gasteiger partial charge in [0, 0.05) is 25.3 Å². The summed E-state index contributed by atoms with van der Waals surface area (Å²) in [6.45, 7) is 3.70. The molecule has 4 heterocycles. The van der Waals surface area contributed by atoms with Gasteiger partial charge >= 0.3 is 0 Å². The Morgan fingerprint density at radius 3 is 3.00 bits per heavy atom. The molecular weight excluding hydrogens is 304 g/mol. The summed E-state index contributed by atoms with van der Waals surface area (Å²) in [4.78, 5) is 4.56. The quantitative estimate of drug-likeness (QED) is 0.914. The molecule has 0 radical (unpaired) electrons. The van der Waals surface area contributed by atoms with Gasteiger partial charge < -0.3 is 14.8 Å². The number of aromatic nitrogens is 3. The van der Waals surface area contributed by atoms with E-state index in [-0.39, 0.29) is 6.23 Å². The zero-order valence-corrected chi connectivity index (χ0v) is 13.9. The summed E-state index contributed by atoms with van der Waals surface area (Å²) in [5.41, 5.74) is 1.89. The normalized spacial score (nSPS) is 24.2. The van der Waals surface area contributed by atoms with Crippen LogP contribution in [-0.4, -0.2) is 41.1 Å². The van der Waals surface area contributed by atoms with Crippen molar-refractivity contribution in [3.63, 3.8) is 0 Å². The highest BCUT2D eigenvalue weighted by atomic mass is 16.5. The summed E-state index contributed by atoms with van der Waals surface area (Å²) in [6, 6.07) is 5.98. The van der Waals surface area contributed by atoms with Crippen molar-refractivity contribution in [1.82, 2.24) is 20.1 Å². The average molecular weight is 328 g/mol. The first kappa shape index (κ1) is 15.6. The Morgan fingerprint density at radius 2 is 2.25 bits per heavy atom. The first-order valence-electron chi connectivity index (χ1n) is 8.85. The fourth-order valence-corrected chi connectivity index (χ4v) is 3.35. The van der Waals surface area contributed by atoms with Crippen LogP contribution in [0, 0.1) is 5.92 Å². The van der Waals surface area contributed by atoms with Gasteiger partial charge in [0.15, 0.2) is 6.23 Å². The van der Waals surface area contributed by atoms with Crippen molar-refractivity contribution in [3.8, 4) is 17.1 Å². The minimum Gasteiger partial charge on any atom is -0.492 e. The molecule has 1 N–H and O–H groups in total. The van der Waals surface area contributed by atoms with E-state index in [0.29, 0.717) is 5.92 Å². The molecule has 2 saturated heterocycles. The monoisotopic (exact) mass is 328 g/mol. The Hall–Kier alpha value is -1.92. The molecule has 0 bridgehead atoms. The van der Waals surface area contributed by atoms with Crippen molar-refractivity contribution in [1.29, 1.82) is 0 Å². The number of nitrogens with zero attached hydrogens (tertiary/aromatic N) is 3. The van der Waals surface area contributed by atoms with Gasteiger partial charge in [-0.25, -0.2) is 4.68 Å². The van der Waals surface area contributed by atoms with Gasteiger partial charge in [0.25, 0.3) is 0 Å². The van der Waals surface area contributed by atoms with Gasteiger partial charge in [0.2, 0.25) is 0 Å². The predicted octanol–water partition coefficient (Wildman–Crippen LogP) is 2.63. The van der Waals surface area contributed by atoms with Crippen molar-refractivity contribution >= 4 is 0 Å². The summed E-state index contributed by atoms with van der Waals surface area (Å²) in [7, 11) is 0. The first-order valence-corrected chi connectivity index (χ1v) is 8.85. The van der Waals surface area contributed by atoms with Crippen LogP contribution < -0.4 is 10.1 Å². The van der Waals surface area contributed by atoms with E-state index in [2.05, 4.69) is 15.4 Å². The third kappa shape index (κ3) is 3.44. The molecule has 2 aromatic heterocycles. The van der Waals surface area contributed by atoms with Gasteiger partial charge in [0.05, 0.1) is 24.2 Å². The van der Waals surface area contributed by atoms with Crippen molar-refractivity contribution in [2.75, 3.05) is 26.3 Å². The average Bonchev–Trinajstić information content (AvgIpc) is 3.33. The zero-order chi connectivity index (χ0) is 16.2. The standard InChI is InChI=1S/C18H24N4O2/c1-2-10-23-18(3-1)22-17(7-9-21-22)16-5-4-15(12-20-16)24-13-14-6-8-19-11-14/h4-5,7,9,12,14,18-19H,1-3,6,8,10-11,13H2/t14-,18?/m1/s1. The minimum absolute atomic E-state index is 0.0244. The highest BCUT2D eigenvalue weighted by Gasteiger charge is 2.20. The van der Waals surface area contributed by atoms with Crippen molar-refractivity contribution in [3.05, 3.63) is 30.6 Å². The molecule has 24 heavy (non-hydrogen) atoms. The summed E-state index contributed by atoms with van der Waals surface area (Å²) in [5, 5.41) is 7.80. The Labute approximate surface area is 142 Å². The second-order valence-corrected chi connectivity index (χ2v) is 6.53. The summed E-state index contributed by atoms with van der Waals surface area (Å²) >= 11 is 0. The van der Waals surface area contributed by atoms with Gasteiger partial charge in [-0.15, -0.1) is 0 Å². The van der Waals surface area contributed by atoms with Crippen LogP contribution in [0.5, 0.6) is 5.75 Å². The Kier molecular flexibility index (Phi) is 4.76. The van der Waals surface area contributed by atoms with Crippen LogP contribution in [0.25, 0.3) is 11.4 Å². The summed E-state index contributed by atoms with van der Waals surface area (Å²) in [5.74, 6) is 1.43. The maximum absolute atomic E-state index is 5.86. The molecule has 6 heteroatoms. The van der Waals surface area contributed by atoms with Crippen LogP contribution in [0.2, 0.25) is 0 Å². The van der Waals surface area contributed by atoms with Crippen molar-refractivity contribution < 1.29 is 9.47 Å². The lowest BCUT2D eigenvalue weighted by molar-refractivity contribution is -0.0384. The SMILES string of the molecule is c1cc(-c2ccc(OC[C@@H]3CCNC3)cn2)n(C2CCCCO2)n1. The van der Waals surface area contributed by atoms with E-state index in [9.17, 15) is 0 Å². The molecule has 2 aliphatic heterocycles. The molecule has 2 atom stereocenters. The molecule has 0 spiro atoms. The second kappa shape index (κ2) is 7.32. The minimum atomic E-state index is 0.0244.